The molecule has 0 bridgehead atoms. The largest absolute Gasteiger partial charge is 0.493 e. The molecule has 4 N–H and O–H groups in total. The Hall–Kier alpha value is -3.26. The highest BCUT2D eigenvalue weighted by Crippen LogP contribution is 2.30. The van der Waals surface area contributed by atoms with E-state index < -0.39 is 0 Å². The van der Waals surface area contributed by atoms with E-state index >= 15 is 0 Å². The topological polar surface area (TPSA) is 109 Å². The number of hydrogen-bond donors (Lipinski definition) is 4. The zero-order chi connectivity index (χ0) is 22.1. The molecule has 0 aliphatic rings. The van der Waals surface area contributed by atoms with Gasteiger partial charge in [-0.05, 0) is 49.2 Å². The zero-order valence-electron chi connectivity index (χ0n) is 17.7. The first-order chi connectivity index (χ1) is 14.4. The van der Waals surface area contributed by atoms with Crippen LogP contribution in [0.3, 0.4) is 0 Å². The Morgan fingerprint density at radius 1 is 1.10 bits per heavy atom. The second-order valence-electron chi connectivity index (χ2n) is 6.68. The summed E-state index contributed by atoms with van der Waals surface area (Å²) >= 11 is 0. The molecule has 3 amide bonds. The standard InChI is InChI=1S/C22H29N3O5/c1-5-21(27)24-17-7-6-8-18(14(17)2)25-22(28)23-15(3)16-9-10-19(30-12-11-26)20(13-16)29-4/h6-10,13,15,26H,5,11-12H2,1-4H3,(H,24,27)(H2,23,25,28)/t15-/m1/s1. The number of nitrogens with one attached hydrogen (secondary N) is 3. The van der Waals surface area contributed by atoms with Crippen molar-refractivity contribution in [1.82, 2.24) is 5.32 Å². The third-order valence-electron chi connectivity index (χ3n) is 4.56. The number of aliphatic hydroxyl groups is 1. The molecule has 0 aromatic heterocycles. The number of urea groups is 1. The molecule has 2 rings (SSSR count). The lowest BCUT2D eigenvalue weighted by Gasteiger charge is -2.18. The number of methoxy groups -OCH3 is 1. The molecule has 2 aromatic carbocycles. The first kappa shape index (κ1) is 23.0. The maximum absolute atomic E-state index is 12.5. The van der Waals surface area contributed by atoms with E-state index in [4.69, 9.17) is 14.6 Å². The van der Waals surface area contributed by atoms with Gasteiger partial charge in [-0.1, -0.05) is 19.1 Å². The Morgan fingerprint density at radius 2 is 1.80 bits per heavy atom. The van der Waals surface area contributed by atoms with E-state index in [-0.39, 0.29) is 31.2 Å². The lowest BCUT2D eigenvalue weighted by molar-refractivity contribution is -0.115. The van der Waals surface area contributed by atoms with Crippen molar-refractivity contribution in [3.63, 3.8) is 0 Å². The van der Waals surface area contributed by atoms with Crippen molar-refractivity contribution in [1.29, 1.82) is 0 Å². The Morgan fingerprint density at radius 3 is 2.43 bits per heavy atom. The quantitative estimate of drug-likeness (QED) is 0.500. The number of carbonyl (C=O) groups is 2. The van der Waals surface area contributed by atoms with E-state index in [0.717, 1.165) is 11.1 Å². The van der Waals surface area contributed by atoms with Gasteiger partial charge in [0.15, 0.2) is 11.5 Å². The monoisotopic (exact) mass is 415 g/mol. The highest BCUT2D eigenvalue weighted by atomic mass is 16.5. The normalized spacial score (nSPS) is 11.4. The lowest BCUT2D eigenvalue weighted by atomic mass is 10.1. The molecule has 8 heteroatoms. The van der Waals surface area contributed by atoms with Gasteiger partial charge in [0.2, 0.25) is 5.91 Å². The van der Waals surface area contributed by atoms with E-state index in [9.17, 15) is 9.59 Å². The summed E-state index contributed by atoms with van der Waals surface area (Å²) in [5.41, 5.74) is 2.88. The maximum atomic E-state index is 12.5. The van der Waals surface area contributed by atoms with Crippen LogP contribution in [0.5, 0.6) is 11.5 Å². The summed E-state index contributed by atoms with van der Waals surface area (Å²) in [4.78, 5) is 24.2. The van der Waals surface area contributed by atoms with Crippen LogP contribution in [0.25, 0.3) is 0 Å². The maximum Gasteiger partial charge on any atom is 0.319 e. The number of anilines is 2. The first-order valence-electron chi connectivity index (χ1n) is 9.78. The molecule has 0 saturated heterocycles. The molecule has 162 valence electrons. The fourth-order valence-electron chi connectivity index (χ4n) is 2.81. The van der Waals surface area contributed by atoms with E-state index in [1.54, 1.807) is 37.3 Å². The Bertz CT molecular complexity index is 885. The van der Waals surface area contributed by atoms with Crippen molar-refractivity contribution < 1.29 is 24.2 Å². The molecule has 0 radical (unpaired) electrons. The number of benzene rings is 2. The minimum Gasteiger partial charge on any atom is -0.493 e. The SMILES string of the molecule is CCC(=O)Nc1cccc(NC(=O)N[C@H](C)c2ccc(OCCO)c(OC)c2)c1C. The van der Waals surface area contributed by atoms with Crippen LogP contribution in [0.4, 0.5) is 16.2 Å². The molecule has 0 saturated carbocycles. The molecule has 0 heterocycles. The van der Waals surface area contributed by atoms with Crippen LogP contribution >= 0.6 is 0 Å². The van der Waals surface area contributed by atoms with Gasteiger partial charge in [-0.3, -0.25) is 4.79 Å². The number of ether oxygens (including phenoxy) is 2. The van der Waals surface area contributed by atoms with Gasteiger partial charge in [0, 0.05) is 17.8 Å². The second kappa shape index (κ2) is 11.1. The van der Waals surface area contributed by atoms with Gasteiger partial charge < -0.3 is 30.5 Å². The summed E-state index contributed by atoms with van der Waals surface area (Å²) in [6, 6.07) is 10.0. The zero-order valence-corrected chi connectivity index (χ0v) is 17.7. The van der Waals surface area contributed by atoms with Crippen LogP contribution in [-0.4, -0.2) is 37.4 Å². The number of rotatable bonds is 9. The van der Waals surface area contributed by atoms with Crippen LogP contribution in [0.1, 0.15) is 37.4 Å². The predicted molar refractivity (Wildman–Crippen MR) is 116 cm³/mol. The average Bonchev–Trinajstić information content (AvgIpc) is 2.74. The third kappa shape index (κ3) is 6.12. The molecule has 0 aliphatic carbocycles. The van der Waals surface area contributed by atoms with Gasteiger partial charge in [0.05, 0.1) is 19.8 Å². The van der Waals surface area contributed by atoms with Crippen LogP contribution in [0.2, 0.25) is 0 Å². The fraction of sp³-hybridized carbons (Fsp3) is 0.364. The van der Waals surface area contributed by atoms with E-state index in [1.165, 1.54) is 7.11 Å². The minimum absolute atomic E-state index is 0.0892. The Labute approximate surface area is 176 Å². The smallest absolute Gasteiger partial charge is 0.319 e. The number of carbonyl (C=O) groups excluding carboxylic acids is 2. The Kier molecular flexibility index (Phi) is 8.49. The van der Waals surface area contributed by atoms with Crippen molar-refractivity contribution in [2.45, 2.75) is 33.2 Å². The summed E-state index contributed by atoms with van der Waals surface area (Å²) in [5, 5.41) is 17.4. The summed E-state index contributed by atoms with van der Waals surface area (Å²) < 4.78 is 10.8. The molecule has 0 fully saturated rings. The van der Waals surface area contributed by atoms with Crippen LogP contribution in [0.15, 0.2) is 36.4 Å². The van der Waals surface area contributed by atoms with Crippen molar-refractivity contribution in [2.24, 2.45) is 0 Å². The third-order valence-corrected chi connectivity index (χ3v) is 4.56. The fourth-order valence-corrected chi connectivity index (χ4v) is 2.81. The van der Waals surface area contributed by atoms with Gasteiger partial charge >= 0.3 is 6.03 Å². The molecule has 0 aliphatic heterocycles. The van der Waals surface area contributed by atoms with Gasteiger partial charge in [-0.15, -0.1) is 0 Å². The molecule has 1 atom stereocenters. The minimum atomic E-state index is -0.371. The van der Waals surface area contributed by atoms with Crippen LogP contribution in [-0.2, 0) is 4.79 Å². The average molecular weight is 415 g/mol. The van der Waals surface area contributed by atoms with Crippen molar-refractivity contribution in [3.8, 4) is 11.5 Å². The summed E-state index contributed by atoms with van der Waals surface area (Å²) in [6.07, 6.45) is 0.377. The Balaban J connectivity index is 2.06. The number of amides is 3. The predicted octanol–water partition coefficient (Wildman–Crippen LogP) is 3.61. The molecule has 8 nitrogen and oxygen atoms in total. The van der Waals surface area contributed by atoms with E-state index in [2.05, 4.69) is 16.0 Å². The molecule has 2 aromatic rings. The van der Waals surface area contributed by atoms with E-state index in [0.29, 0.717) is 29.3 Å². The van der Waals surface area contributed by atoms with Crippen LogP contribution in [0, 0.1) is 6.92 Å². The lowest BCUT2D eigenvalue weighted by Crippen LogP contribution is -2.31. The molecular weight excluding hydrogens is 386 g/mol. The van der Waals surface area contributed by atoms with Gasteiger partial charge in [0.1, 0.15) is 6.61 Å². The highest BCUT2D eigenvalue weighted by Gasteiger charge is 2.14. The van der Waals surface area contributed by atoms with E-state index in [1.807, 2.05) is 19.9 Å². The van der Waals surface area contributed by atoms with Crippen molar-refractivity contribution in [3.05, 3.63) is 47.5 Å². The molecule has 0 unspecified atom stereocenters. The summed E-state index contributed by atoms with van der Waals surface area (Å²) in [5.74, 6) is 0.951. The summed E-state index contributed by atoms with van der Waals surface area (Å²) in [7, 11) is 1.53. The molecular formula is C22H29N3O5. The second-order valence-corrected chi connectivity index (χ2v) is 6.68. The summed E-state index contributed by atoms with van der Waals surface area (Å²) in [6.45, 7) is 5.55. The van der Waals surface area contributed by atoms with Gasteiger partial charge in [-0.25, -0.2) is 4.79 Å². The number of hydrogen-bond acceptors (Lipinski definition) is 5. The number of aliphatic hydroxyl groups excluding tert-OH is 1. The van der Waals surface area contributed by atoms with Crippen LogP contribution < -0.4 is 25.4 Å². The molecule has 0 spiro atoms. The van der Waals surface area contributed by atoms with Gasteiger partial charge in [-0.2, -0.15) is 0 Å². The first-order valence-corrected chi connectivity index (χ1v) is 9.78. The highest BCUT2D eigenvalue weighted by molar-refractivity contribution is 5.95. The van der Waals surface area contributed by atoms with Crippen molar-refractivity contribution >= 4 is 23.3 Å². The molecule has 30 heavy (non-hydrogen) atoms. The van der Waals surface area contributed by atoms with Crippen molar-refractivity contribution in [2.75, 3.05) is 31.0 Å². The van der Waals surface area contributed by atoms with Gasteiger partial charge in [0.25, 0.3) is 0 Å².